The van der Waals surface area contributed by atoms with Crippen molar-refractivity contribution < 1.29 is 4.79 Å². The van der Waals surface area contributed by atoms with Gasteiger partial charge in [-0.2, -0.15) is 0 Å². The second-order valence-electron chi connectivity index (χ2n) is 8.27. The molecule has 1 unspecified atom stereocenters. The summed E-state index contributed by atoms with van der Waals surface area (Å²) < 4.78 is 0. The van der Waals surface area contributed by atoms with Crippen LogP contribution < -0.4 is 10.6 Å². The van der Waals surface area contributed by atoms with Gasteiger partial charge in [0.2, 0.25) is 5.91 Å². The molecule has 1 amide bonds. The average Bonchev–Trinajstić information content (AvgIpc) is 3.32. The third-order valence-corrected chi connectivity index (χ3v) is 7.08. The lowest BCUT2D eigenvalue weighted by Gasteiger charge is -2.36. The Bertz CT molecular complexity index is 669. The van der Waals surface area contributed by atoms with Gasteiger partial charge in [-0.1, -0.05) is 38.0 Å². The van der Waals surface area contributed by atoms with Crippen LogP contribution in [0.5, 0.6) is 0 Å². The Labute approximate surface area is 185 Å². The number of piperazine rings is 1. The molecule has 166 valence electrons. The van der Waals surface area contributed by atoms with Crippen LogP contribution in [-0.4, -0.2) is 79.8 Å². The van der Waals surface area contributed by atoms with Crippen molar-refractivity contribution in [2.45, 2.75) is 42.8 Å². The number of hydrogen-bond donors (Lipinski definition) is 2. The van der Waals surface area contributed by atoms with E-state index in [1.807, 2.05) is 24.9 Å². The van der Waals surface area contributed by atoms with Crippen LogP contribution in [0.15, 0.2) is 40.2 Å². The SMILES string of the molecule is CN=C(NCCN1CCN(C(=O)C2CCCC2)CC1)NCC(C)Sc1ccccc1. The number of guanidine groups is 1. The Morgan fingerprint density at radius 1 is 1.13 bits per heavy atom. The van der Waals surface area contributed by atoms with Gasteiger partial charge in [0.1, 0.15) is 0 Å². The molecule has 1 aromatic carbocycles. The fourth-order valence-corrected chi connectivity index (χ4v) is 5.13. The zero-order valence-corrected chi connectivity index (χ0v) is 19.3. The van der Waals surface area contributed by atoms with Crippen molar-refractivity contribution in [3.63, 3.8) is 0 Å². The molecule has 2 N–H and O–H groups in total. The van der Waals surface area contributed by atoms with E-state index in [0.717, 1.165) is 64.6 Å². The van der Waals surface area contributed by atoms with Gasteiger partial charge in [0.25, 0.3) is 0 Å². The van der Waals surface area contributed by atoms with Crippen LogP contribution in [0.4, 0.5) is 0 Å². The Kier molecular flexibility index (Phi) is 9.33. The van der Waals surface area contributed by atoms with Gasteiger partial charge in [0.15, 0.2) is 5.96 Å². The fraction of sp³-hybridized carbons (Fsp3) is 0.652. The zero-order valence-electron chi connectivity index (χ0n) is 18.5. The third-order valence-electron chi connectivity index (χ3n) is 5.97. The van der Waals surface area contributed by atoms with Gasteiger partial charge >= 0.3 is 0 Å². The number of rotatable bonds is 8. The first-order valence-corrected chi connectivity index (χ1v) is 12.2. The van der Waals surface area contributed by atoms with E-state index < -0.39 is 0 Å². The molecule has 0 bridgehead atoms. The summed E-state index contributed by atoms with van der Waals surface area (Å²) in [7, 11) is 1.82. The predicted octanol–water partition coefficient (Wildman–Crippen LogP) is 2.67. The van der Waals surface area contributed by atoms with E-state index in [2.05, 4.69) is 56.6 Å². The van der Waals surface area contributed by atoms with Gasteiger partial charge < -0.3 is 15.5 Å². The smallest absolute Gasteiger partial charge is 0.225 e. The number of thioether (sulfide) groups is 1. The number of hydrogen-bond acceptors (Lipinski definition) is 4. The maximum atomic E-state index is 12.6. The van der Waals surface area contributed by atoms with E-state index in [9.17, 15) is 4.79 Å². The molecule has 2 aliphatic rings. The van der Waals surface area contributed by atoms with E-state index in [0.29, 0.717) is 17.1 Å². The van der Waals surface area contributed by atoms with Crippen molar-refractivity contribution in [2.75, 3.05) is 52.9 Å². The molecule has 1 saturated heterocycles. The Morgan fingerprint density at radius 2 is 1.83 bits per heavy atom. The molecule has 1 aromatic rings. The number of carbonyl (C=O) groups is 1. The first kappa shape index (κ1) is 22.9. The van der Waals surface area contributed by atoms with Gasteiger partial charge in [-0.25, -0.2) is 0 Å². The zero-order chi connectivity index (χ0) is 21.2. The van der Waals surface area contributed by atoms with Crippen molar-refractivity contribution in [3.05, 3.63) is 30.3 Å². The molecule has 3 rings (SSSR count). The lowest BCUT2D eigenvalue weighted by atomic mass is 10.1. The van der Waals surface area contributed by atoms with Crippen LogP contribution >= 0.6 is 11.8 Å². The molecule has 2 fully saturated rings. The van der Waals surface area contributed by atoms with E-state index in [1.54, 1.807) is 0 Å². The monoisotopic (exact) mass is 431 g/mol. The van der Waals surface area contributed by atoms with Gasteiger partial charge in [-0.3, -0.25) is 14.7 Å². The van der Waals surface area contributed by atoms with Gasteiger partial charge in [0.05, 0.1) is 0 Å². The van der Waals surface area contributed by atoms with Crippen LogP contribution in [0.2, 0.25) is 0 Å². The number of aliphatic imine (C=N–C) groups is 1. The second kappa shape index (κ2) is 12.2. The van der Waals surface area contributed by atoms with E-state index in [1.165, 1.54) is 17.7 Å². The summed E-state index contributed by atoms with van der Waals surface area (Å²) in [5, 5.41) is 7.30. The normalized spacial score (nSPS) is 19.7. The quantitative estimate of drug-likeness (QED) is 0.376. The van der Waals surface area contributed by atoms with Crippen LogP contribution in [0.3, 0.4) is 0 Å². The summed E-state index contributed by atoms with van der Waals surface area (Å²) in [4.78, 5) is 22.7. The molecular weight excluding hydrogens is 394 g/mol. The maximum Gasteiger partial charge on any atom is 0.225 e. The molecule has 1 aliphatic carbocycles. The van der Waals surface area contributed by atoms with Crippen molar-refractivity contribution in [3.8, 4) is 0 Å². The summed E-state index contributed by atoms with van der Waals surface area (Å²) in [6.45, 7) is 8.60. The Balaban J connectivity index is 1.29. The molecule has 1 aliphatic heterocycles. The second-order valence-corrected chi connectivity index (χ2v) is 9.78. The van der Waals surface area contributed by atoms with E-state index in [-0.39, 0.29) is 0 Å². The number of nitrogens with zero attached hydrogens (tertiary/aromatic N) is 3. The standard InChI is InChI=1S/C23H37N5OS/c1-19(30-21-10-4-3-5-11-21)18-26-23(24-2)25-12-13-27-14-16-28(17-15-27)22(29)20-8-6-7-9-20/h3-5,10-11,19-20H,6-9,12-18H2,1-2H3,(H2,24,25,26). The van der Waals surface area contributed by atoms with Crippen molar-refractivity contribution in [1.29, 1.82) is 0 Å². The highest BCUT2D eigenvalue weighted by Crippen LogP contribution is 2.27. The minimum absolute atomic E-state index is 0.301. The molecule has 1 heterocycles. The van der Waals surface area contributed by atoms with Crippen molar-refractivity contribution in [2.24, 2.45) is 10.9 Å². The summed E-state index contributed by atoms with van der Waals surface area (Å²) >= 11 is 1.87. The molecule has 6 nitrogen and oxygen atoms in total. The Hall–Kier alpha value is -1.73. The minimum atomic E-state index is 0.301. The maximum absolute atomic E-state index is 12.6. The fourth-order valence-electron chi connectivity index (χ4n) is 4.19. The first-order chi connectivity index (χ1) is 14.7. The predicted molar refractivity (Wildman–Crippen MR) is 126 cm³/mol. The highest BCUT2D eigenvalue weighted by atomic mass is 32.2. The molecule has 1 saturated carbocycles. The molecule has 0 spiro atoms. The molecule has 0 radical (unpaired) electrons. The van der Waals surface area contributed by atoms with Crippen LogP contribution in [-0.2, 0) is 4.79 Å². The molecular formula is C23H37N5OS. The summed E-state index contributed by atoms with van der Waals surface area (Å²) in [6, 6.07) is 10.5. The number of benzene rings is 1. The number of carbonyl (C=O) groups excluding carboxylic acids is 1. The average molecular weight is 432 g/mol. The summed E-state index contributed by atoms with van der Waals surface area (Å²) in [5.41, 5.74) is 0. The van der Waals surface area contributed by atoms with Crippen LogP contribution in [0.1, 0.15) is 32.6 Å². The lowest BCUT2D eigenvalue weighted by molar-refractivity contribution is -0.137. The number of nitrogens with one attached hydrogen (secondary N) is 2. The van der Waals surface area contributed by atoms with Gasteiger partial charge in [-0.15, -0.1) is 11.8 Å². The highest BCUT2D eigenvalue weighted by molar-refractivity contribution is 8.00. The van der Waals surface area contributed by atoms with Crippen LogP contribution in [0.25, 0.3) is 0 Å². The van der Waals surface area contributed by atoms with Crippen molar-refractivity contribution >= 4 is 23.6 Å². The van der Waals surface area contributed by atoms with E-state index >= 15 is 0 Å². The highest BCUT2D eigenvalue weighted by Gasteiger charge is 2.29. The molecule has 1 atom stereocenters. The van der Waals surface area contributed by atoms with Crippen molar-refractivity contribution in [1.82, 2.24) is 20.4 Å². The Morgan fingerprint density at radius 3 is 2.50 bits per heavy atom. The van der Waals surface area contributed by atoms with Gasteiger partial charge in [-0.05, 0) is 25.0 Å². The third kappa shape index (κ3) is 7.20. The molecule has 7 heteroatoms. The molecule has 30 heavy (non-hydrogen) atoms. The summed E-state index contributed by atoms with van der Waals surface area (Å²) in [5.74, 6) is 1.55. The largest absolute Gasteiger partial charge is 0.355 e. The van der Waals surface area contributed by atoms with Gasteiger partial charge in [0, 0.05) is 68.9 Å². The lowest BCUT2D eigenvalue weighted by Crippen LogP contribution is -2.52. The number of amides is 1. The first-order valence-electron chi connectivity index (χ1n) is 11.3. The molecule has 0 aromatic heterocycles. The van der Waals surface area contributed by atoms with E-state index in [4.69, 9.17) is 0 Å². The minimum Gasteiger partial charge on any atom is -0.355 e. The summed E-state index contributed by atoms with van der Waals surface area (Å²) in [6.07, 6.45) is 4.64. The topological polar surface area (TPSA) is 60.0 Å². The van der Waals surface area contributed by atoms with Crippen LogP contribution in [0, 0.1) is 5.92 Å².